The number of hydrogen-bond acceptors (Lipinski definition) is 14. The Balaban J connectivity index is 1.20. The van der Waals surface area contributed by atoms with Crippen molar-refractivity contribution in [2.24, 2.45) is 50.7 Å². The van der Waals surface area contributed by atoms with E-state index in [-0.39, 0.29) is 41.8 Å². The van der Waals surface area contributed by atoms with E-state index in [1.165, 1.54) is 0 Å². The minimum Gasteiger partial charge on any atom is -0.432 e. The quantitative estimate of drug-likeness (QED) is 0.104. The number of allylic oxidation sites excluding steroid dienone is 1. The summed E-state index contributed by atoms with van der Waals surface area (Å²) in [5, 5.41) is 96.0. The number of aliphatic hydroxyl groups is 9. The average molecular weight is 783 g/mol. The van der Waals surface area contributed by atoms with Gasteiger partial charge in [0.05, 0.1) is 36.9 Å². The Labute approximate surface area is 323 Å². The van der Waals surface area contributed by atoms with Crippen LogP contribution in [0.3, 0.4) is 0 Å². The fraction of sp³-hybridized carbons (Fsp3) is 0.927. The molecule has 20 atom stereocenters. The zero-order valence-electron chi connectivity index (χ0n) is 33.2. The molecule has 4 saturated carbocycles. The minimum atomic E-state index is -1.73. The number of aliphatic hydroxyl groups excluding tert-OH is 8. The summed E-state index contributed by atoms with van der Waals surface area (Å²) >= 11 is 0. The van der Waals surface area contributed by atoms with Crippen LogP contribution in [0, 0.1) is 50.7 Å². The molecule has 14 heteroatoms. The Kier molecular flexibility index (Phi) is 10.8. The van der Waals surface area contributed by atoms with E-state index in [1.807, 2.05) is 20.8 Å². The maximum atomic E-state index is 14.6. The molecule has 0 unspecified atom stereocenters. The molecule has 0 amide bonds. The maximum Gasteiger partial charge on any atom is 0.315 e. The van der Waals surface area contributed by atoms with Gasteiger partial charge in [-0.2, -0.15) is 0 Å². The summed E-state index contributed by atoms with van der Waals surface area (Å²) < 4.78 is 23.5. The Morgan fingerprint density at radius 3 is 2.18 bits per heavy atom. The predicted octanol–water partition coefficient (Wildman–Crippen LogP) is 0.899. The molecular weight excluding hydrogens is 716 g/mol. The van der Waals surface area contributed by atoms with Gasteiger partial charge in [-0.15, -0.1) is 0 Å². The van der Waals surface area contributed by atoms with Crippen LogP contribution in [0.25, 0.3) is 0 Å². The van der Waals surface area contributed by atoms with Crippen molar-refractivity contribution in [3.05, 3.63) is 11.6 Å². The largest absolute Gasteiger partial charge is 0.432 e. The fourth-order valence-electron chi connectivity index (χ4n) is 13.5. The topological polar surface area (TPSA) is 236 Å². The van der Waals surface area contributed by atoms with Gasteiger partial charge in [-0.25, -0.2) is 0 Å². The smallest absolute Gasteiger partial charge is 0.315 e. The summed E-state index contributed by atoms with van der Waals surface area (Å²) in [5.41, 5.74) is -2.97. The number of esters is 1. The molecule has 0 bridgehead atoms. The van der Waals surface area contributed by atoms with Crippen LogP contribution >= 0.6 is 0 Å². The van der Waals surface area contributed by atoms with Crippen LogP contribution in [-0.4, -0.2) is 139 Å². The molecule has 9 N–H and O–H groups in total. The summed E-state index contributed by atoms with van der Waals surface area (Å²) in [4.78, 5) is 14.6. The van der Waals surface area contributed by atoms with Crippen LogP contribution in [0.2, 0.25) is 0 Å². The first kappa shape index (κ1) is 41.9. The molecule has 6 fully saturated rings. The van der Waals surface area contributed by atoms with Crippen molar-refractivity contribution >= 4 is 5.97 Å². The van der Waals surface area contributed by atoms with Crippen LogP contribution in [0.4, 0.5) is 0 Å². The molecule has 5 aliphatic carbocycles. The van der Waals surface area contributed by atoms with Gasteiger partial charge in [-0.3, -0.25) is 4.79 Å². The monoisotopic (exact) mass is 782 g/mol. The van der Waals surface area contributed by atoms with E-state index in [4.69, 9.17) is 18.9 Å². The highest BCUT2D eigenvalue weighted by molar-refractivity contribution is 5.79. The number of hydrogen-bond donors (Lipinski definition) is 9. The Hall–Kier alpha value is -1.27. The molecule has 7 rings (SSSR count). The average Bonchev–Trinajstić information content (AvgIpc) is 3.14. The van der Waals surface area contributed by atoms with Gasteiger partial charge < -0.3 is 64.9 Å². The fourth-order valence-corrected chi connectivity index (χ4v) is 13.5. The van der Waals surface area contributed by atoms with Crippen LogP contribution in [0.5, 0.6) is 0 Å². The van der Waals surface area contributed by atoms with Gasteiger partial charge >= 0.3 is 5.97 Å². The normalized spacial score (nSPS) is 56.6. The van der Waals surface area contributed by atoms with Gasteiger partial charge in [0.2, 0.25) is 6.29 Å². The van der Waals surface area contributed by atoms with Gasteiger partial charge in [0.1, 0.15) is 42.7 Å². The van der Waals surface area contributed by atoms with Gasteiger partial charge in [0.25, 0.3) is 0 Å². The number of ether oxygens (including phenoxy) is 4. The molecule has 314 valence electrons. The van der Waals surface area contributed by atoms with Crippen LogP contribution in [0.15, 0.2) is 11.6 Å². The highest BCUT2D eigenvalue weighted by Gasteiger charge is 2.72. The van der Waals surface area contributed by atoms with Crippen molar-refractivity contribution in [1.82, 2.24) is 0 Å². The van der Waals surface area contributed by atoms with Gasteiger partial charge in [-0.1, -0.05) is 46.3 Å². The molecule has 7 aliphatic rings. The maximum absolute atomic E-state index is 14.6. The van der Waals surface area contributed by atoms with E-state index in [0.717, 1.165) is 24.8 Å². The van der Waals surface area contributed by atoms with Crippen LogP contribution in [-0.2, 0) is 23.7 Å². The standard InChI is InChI=1S/C41H66O14/c1-20-9-14-41(35(50)55-34-31(49)29(47)28(46)23(17-42)53-34)16-15-38(4)21(32(41)40(20,6)51)7-8-25-36(2)12-11-26(54-33-30(48)27(45)22(44)18-52-33)37(3,19-43)24(36)10-13-39(25,38)5/h7,20,22-34,42-49,51H,8-19H2,1-6H3/t20-,22+,23-,24-,25-,26+,27+,28-,29+,30-,31-,32+,33-,34+,36+,37+,38-,39-,40-,41+/m1/s1. The van der Waals surface area contributed by atoms with E-state index in [0.29, 0.717) is 38.5 Å². The molecule has 2 aliphatic heterocycles. The van der Waals surface area contributed by atoms with Crippen molar-refractivity contribution in [3.63, 3.8) is 0 Å². The van der Waals surface area contributed by atoms with Crippen LogP contribution in [0.1, 0.15) is 99.3 Å². The number of fused-ring (bicyclic) bond motifs is 7. The lowest BCUT2D eigenvalue weighted by atomic mass is 9.33. The Morgan fingerprint density at radius 1 is 0.818 bits per heavy atom. The molecular formula is C41H66O14. The summed E-state index contributed by atoms with van der Waals surface area (Å²) in [6, 6.07) is 0. The number of carbonyl (C=O) groups excluding carboxylic acids is 1. The molecule has 0 aromatic heterocycles. The van der Waals surface area contributed by atoms with Crippen molar-refractivity contribution < 1.29 is 69.7 Å². The highest BCUT2D eigenvalue weighted by atomic mass is 16.7. The van der Waals surface area contributed by atoms with Crippen molar-refractivity contribution in [1.29, 1.82) is 0 Å². The predicted molar refractivity (Wildman–Crippen MR) is 194 cm³/mol. The summed E-state index contributed by atoms with van der Waals surface area (Å²) in [7, 11) is 0. The molecule has 0 radical (unpaired) electrons. The molecule has 0 aromatic carbocycles. The SMILES string of the molecule is C[C@@H]1CC[C@]2(C(=O)O[C@@H]3O[C@H](CO)[C@@H](O)[C@H](O)[C@H]3O)CC[C@]3(C)C(=CC[C@@H]4[C@@]5(C)CC[C@H](O[C@H]6OC[C@H](O)[C@H](O)[C@H]6O)[C@@](C)(CO)[C@@H]5CC[C@]43C)[C@H]2[C@]1(C)O. The Morgan fingerprint density at radius 2 is 1.51 bits per heavy atom. The second kappa shape index (κ2) is 14.2. The summed E-state index contributed by atoms with van der Waals surface area (Å²) in [5.74, 6) is -1.14. The molecule has 55 heavy (non-hydrogen) atoms. The Bertz CT molecular complexity index is 1490. The third-order valence-electron chi connectivity index (χ3n) is 17.4. The van der Waals surface area contributed by atoms with Gasteiger partial charge in [-0.05, 0) is 98.7 Å². The summed E-state index contributed by atoms with van der Waals surface area (Å²) in [6.07, 6.45) is -5.44. The van der Waals surface area contributed by atoms with Crippen molar-refractivity contribution in [3.8, 4) is 0 Å². The first-order valence-corrected chi connectivity index (χ1v) is 20.5. The van der Waals surface area contributed by atoms with E-state index in [1.54, 1.807) is 0 Å². The van der Waals surface area contributed by atoms with Crippen molar-refractivity contribution in [2.45, 2.75) is 166 Å². The molecule has 14 nitrogen and oxygen atoms in total. The lowest BCUT2D eigenvalue weighted by molar-refractivity contribution is -0.313. The second-order valence-corrected chi connectivity index (χ2v) is 19.7. The van der Waals surface area contributed by atoms with E-state index < -0.39 is 102 Å². The van der Waals surface area contributed by atoms with E-state index >= 15 is 0 Å². The van der Waals surface area contributed by atoms with Gasteiger partial charge in [0.15, 0.2) is 6.29 Å². The first-order valence-electron chi connectivity index (χ1n) is 20.5. The number of rotatable bonds is 6. The third kappa shape index (κ3) is 5.89. The highest BCUT2D eigenvalue weighted by Crippen LogP contribution is 2.76. The second-order valence-electron chi connectivity index (χ2n) is 19.7. The number of carbonyl (C=O) groups is 1. The lowest BCUT2D eigenvalue weighted by Gasteiger charge is -2.72. The minimum absolute atomic E-state index is 0.0469. The summed E-state index contributed by atoms with van der Waals surface area (Å²) in [6.45, 7) is 11.9. The van der Waals surface area contributed by atoms with Crippen molar-refractivity contribution in [2.75, 3.05) is 19.8 Å². The van der Waals surface area contributed by atoms with E-state index in [2.05, 4.69) is 26.8 Å². The third-order valence-corrected chi connectivity index (χ3v) is 17.4. The first-order chi connectivity index (χ1) is 25.7. The van der Waals surface area contributed by atoms with Gasteiger partial charge in [0, 0.05) is 11.3 Å². The van der Waals surface area contributed by atoms with E-state index in [9.17, 15) is 50.8 Å². The molecule has 0 spiro atoms. The molecule has 0 aromatic rings. The van der Waals surface area contributed by atoms with Crippen LogP contribution < -0.4 is 0 Å². The zero-order chi connectivity index (χ0) is 40.3. The molecule has 2 heterocycles. The molecule has 2 saturated heterocycles. The zero-order valence-corrected chi connectivity index (χ0v) is 33.2. The lowest BCUT2D eigenvalue weighted by Crippen LogP contribution is -2.69.